The first kappa shape index (κ1) is 13.8. The van der Waals surface area contributed by atoms with Crippen molar-refractivity contribution in [3.05, 3.63) is 42.0 Å². The van der Waals surface area contributed by atoms with Gasteiger partial charge in [-0.15, -0.1) is 0 Å². The molecular weight excluding hydrogens is 238 g/mol. The quantitative estimate of drug-likeness (QED) is 0.842. The number of benzene rings is 1. The molecule has 19 heavy (non-hydrogen) atoms. The van der Waals surface area contributed by atoms with Gasteiger partial charge in [0, 0.05) is 26.2 Å². The van der Waals surface area contributed by atoms with Crippen LogP contribution in [0.1, 0.15) is 12.0 Å². The molecule has 3 N–H and O–H groups in total. The Morgan fingerprint density at radius 3 is 2.89 bits per heavy atom. The highest BCUT2D eigenvalue weighted by molar-refractivity contribution is 5.81. The van der Waals surface area contributed by atoms with Gasteiger partial charge in [0.15, 0.2) is 0 Å². The average Bonchev–Trinajstić information content (AvgIpc) is 2.80. The summed E-state index contributed by atoms with van der Waals surface area (Å²) >= 11 is 0. The maximum absolute atomic E-state index is 11.8. The summed E-state index contributed by atoms with van der Waals surface area (Å²) in [4.78, 5) is 13.9. The van der Waals surface area contributed by atoms with Crippen molar-refractivity contribution in [2.75, 3.05) is 20.1 Å². The molecule has 4 heteroatoms. The van der Waals surface area contributed by atoms with Gasteiger partial charge in [0.25, 0.3) is 0 Å². The molecule has 0 aromatic heterocycles. The Kier molecular flexibility index (Phi) is 4.71. The largest absolute Gasteiger partial charge is 0.358 e. The molecular formula is C15H21N3O. The summed E-state index contributed by atoms with van der Waals surface area (Å²) in [5.74, 6) is 0.0565. The van der Waals surface area contributed by atoms with E-state index in [1.165, 1.54) is 5.56 Å². The average molecular weight is 259 g/mol. The van der Waals surface area contributed by atoms with Gasteiger partial charge in [-0.1, -0.05) is 42.5 Å². The van der Waals surface area contributed by atoms with Crippen LogP contribution in [0, 0.1) is 0 Å². The lowest BCUT2D eigenvalue weighted by Gasteiger charge is -2.20. The van der Waals surface area contributed by atoms with Crippen molar-refractivity contribution >= 4 is 12.0 Å². The first-order chi connectivity index (χ1) is 9.20. The molecule has 0 spiro atoms. The number of nitrogens with two attached hydrogens (primary N) is 1. The topological polar surface area (TPSA) is 58.4 Å². The second kappa shape index (κ2) is 6.50. The number of rotatable bonds is 4. The van der Waals surface area contributed by atoms with E-state index in [4.69, 9.17) is 5.73 Å². The van der Waals surface area contributed by atoms with E-state index in [0.717, 1.165) is 19.5 Å². The summed E-state index contributed by atoms with van der Waals surface area (Å²) in [7, 11) is 1.67. The highest BCUT2D eigenvalue weighted by Gasteiger charge is 2.33. The normalized spacial score (nSPS) is 23.9. The van der Waals surface area contributed by atoms with Crippen molar-refractivity contribution in [1.82, 2.24) is 10.2 Å². The fourth-order valence-corrected chi connectivity index (χ4v) is 2.47. The molecule has 0 aliphatic carbocycles. The lowest BCUT2D eigenvalue weighted by molar-refractivity contribution is -0.124. The number of hydrogen-bond acceptors (Lipinski definition) is 3. The fourth-order valence-electron chi connectivity index (χ4n) is 2.47. The summed E-state index contributed by atoms with van der Waals surface area (Å²) in [6.45, 7) is 1.53. The second-order valence-corrected chi connectivity index (χ2v) is 4.89. The summed E-state index contributed by atoms with van der Waals surface area (Å²) in [6, 6.07) is 10.1. The number of amides is 1. The molecule has 0 radical (unpaired) electrons. The Morgan fingerprint density at radius 2 is 2.21 bits per heavy atom. The number of likely N-dealkylation sites (tertiary alicyclic amines) is 1. The van der Waals surface area contributed by atoms with Crippen molar-refractivity contribution in [3.8, 4) is 0 Å². The third-order valence-electron chi connectivity index (χ3n) is 3.43. The molecule has 1 heterocycles. The molecule has 1 aliphatic heterocycles. The first-order valence-electron chi connectivity index (χ1n) is 6.63. The van der Waals surface area contributed by atoms with Crippen molar-refractivity contribution < 1.29 is 4.79 Å². The van der Waals surface area contributed by atoms with E-state index in [1.807, 2.05) is 18.2 Å². The number of nitrogens with zero attached hydrogens (tertiary/aromatic N) is 1. The molecule has 1 amide bonds. The Balaban J connectivity index is 1.94. The summed E-state index contributed by atoms with van der Waals surface area (Å²) in [5, 5.41) is 2.71. The first-order valence-corrected chi connectivity index (χ1v) is 6.63. The number of carbonyl (C=O) groups excluding carboxylic acids is 1. The summed E-state index contributed by atoms with van der Waals surface area (Å²) in [6.07, 6.45) is 4.90. The monoisotopic (exact) mass is 259 g/mol. The Bertz CT molecular complexity index is 444. The minimum Gasteiger partial charge on any atom is -0.358 e. The summed E-state index contributed by atoms with van der Waals surface area (Å²) in [5.41, 5.74) is 7.11. The number of hydrogen-bond donors (Lipinski definition) is 2. The molecule has 1 aromatic rings. The minimum absolute atomic E-state index is 0.0565. The fraction of sp³-hybridized carbons (Fsp3) is 0.400. The lowest BCUT2D eigenvalue weighted by atomic mass is 10.1. The van der Waals surface area contributed by atoms with Crippen LogP contribution < -0.4 is 11.1 Å². The zero-order valence-corrected chi connectivity index (χ0v) is 11.3. The van der Waals surface area contributed by atoms with E-state index >= 15 is 0 Å². The van der Waals surface area contributed by atoms with Gasteiger partial charge in [0.1, 0.15) is 0 Å². The third kappa shape index (κ3) is 3.66. The maximum Gasteiger partial charge on any atom is 0.237 e. The molecule has 0 saturated carbocycles. The van der Waals surface area contributed by atoms with Gasteiger partial charge >= 0.3 is 0 Å². The summed E-state index contributed by atoms with van der Waals surface area (Å²) < 4.78 is 0. The van der Waals surface area contributed by atoms with Gasteiger partial charge in [-0.2, -0.15) is 0 Å². The zero-order chi connectivity index (χ0) is 13.7. The van der Waals surface area contributed by atoms with Crippen LogP contribution in [0.25, 0.3) is 6.08 Å². The van der Waals surface area contributed by atoms with Gasteiger partial charge in [-0.25, -0.2) is 0 Å². The predicted molar refractivity (Wildman–Crippen MR) is 77.5 cm³/mol. The van der Waals surface area contributed by atoms with Gasteiger partial charge in [-0.3, -0.25) is 9.69 Å². The molecule has 2 rings (SSSR count). The zero-order valence-electron chi connectivity index (χ0n) is 11.3. The molecule has 4 nitrogen and oxygen atoms in total. The smallest absolute Gasteiger partial charge is 0.237 e. The van der Waals surface area contributed by atoms with Gasteiger partial charge in [0.05, 0.1) is 6.04 Å². The number of likely N-dealkylation sites (N-methyl/N-ethyl adjacent to an activating group) is 1. The highest BCUT2D eigenvalue weighted by atomic mass is 16.2. The molecule has 0 bridgehead atoms. The molecule has 1 aromatic carbocycles. The van der Waals surface area contributed by atoms with E-state index in [9.17, 15) is 4.79 Å². The molecule has 1 aliphatic rings. The minimum atomic E-state index is -0.0968. The van der Waals surface area contributed by atoms with Crippen LogP contribution in [0.15, 0.2) is 36.4 Å². The van der Waals surface area contributed by atoms with Crippen LogP contribution in [0.4, 0.5) is 0 Å². The predicted octanol–water partition coefficient (Wildman–Crippen LogP) is 0.847. The van der Waals surface area contributed by atoms with Gasteiger partial charge < -0.3 is 11.1 Å². The highest BCUT2D eigenvalue weighted by Crippen LogP contribution is 2.16. The van der Waals surface area contributed by atoms with Crippen LogP contribution >= 0.6 is 0 Å². The number of carbonyl (C=O) groups is 1. The number of nitrogens with one attached hydrogen (secondary N) is 1. The standard InChI is InChI=1S/C15H21N3O/c1-17-15(19)14-10-13(16)11-18(14)9-5-8-12-6-3-2-4-7-12/h2-8,13-14H,9-11,16H2,1H3,(H,17,19)/b8-5+/t13-,14-/m0/s1. The van der Waals surface area contributed by atoms with Crippen LogP contribution in [0.5, 0.6) is 0 Å². The van der Waals surface area contributed by atoms with Crippen LogP contribution in [-0.4, -0.2) is 43.0 Å². The second-order valence-electron chi connectivity index (χ2n) is 4.89. The van der Waals surface area contributed by atoms with Gasteiger partial charge in [0.2, 0.25) is 5.91 Å². The molecule has 2 atom stereocenters. The van der Waals surface area contributed by atoms with Crippen molar-refractivity contribution in [1.29, 1.82) is 0 Å². The van der Waals surface area contributed by atoms with Crippen molar-refractivity contribution in [2.24, 2.45) is 5.73 Å². The van der Waals surface area contributed by atoms with Crippen LogP contribution in [-0.2, 0) is 4.79 Å². The Labute approximate surface area is 114 Å². The van der Waals surface area contributed by atoms with E-state index in [1.54, 1.807) is 7.05 Å². The third-order valence-corrected chi connectivity index (χ3v) is 3.43. The van der Waals surface area contributed by atoms with Crippen LogP contribution in [0.2, 0.25) is 0 Å². The molecule has 0 unspecified atom stereocenters. The van der Waals surface area contributed by atoms with Crippen LogP contribution in [0.3, 0.4) is 0 Å². The Hall–Kier alpha value is -1.65. The maximum atomic E-state index is 11.8. The van der Waals surface area contributed by atoms with Crippen molar-refractivity contribution in [2.45, 2.75) is 18.5 Å². The van der Waals surface area contributed by atoms with E-state index in [-0.39, 0.29) is 18.0 Å². The van der Waals surface area contributed by atoms with E-state index in [0.29, 0.717) is 0 Å². The molecule has 102 valence electrons. The molecule has 1 fully saturated rings. The van der Waals surface area contributed by atoms with Gasteiger partial charge in [-0.05, 0) is 12.0 Å². The SMILES string of the molecule is CNC(=O)[C@@H]1C[C@H](N)CN1C/C=C/c1ccccc1. The van der Waals surface area contributed by atoms with Crippen molar-refractivity contribution in [3.63, 3.8) is 0 Å². The Morgan fingerprint density at radius 1 is 1.47 bits per heavy atom. The van der Waals surface area contributed by atoms with E-state index < -0.39 is 0 Å². The molecule has 1 saturated heterocycles. The lowest BCUT2D eigenvalue weighted by Crippen LogP contribution is -2.41. The van der Waals surface area contributed by atoms with E-state index in [2.05, 4.69) is 34.5 Å².